The van der Waals surface area contributed by atoms with E-state index >= 15 is 0 Å². The van der Waals surface area contributed by atoms with E-state index in [0.717, 1.165) is 11.0 Å². The Hall–Kier alpha value is -2.93. The van der Waals surface area contributed by atoms with E-state index in [1.165, 1.54) is 12.1 Å². The fraction of sp³-hybridized carbons (Fsp3) is 0.188. The van der Waals surface area contributed by atoms with Gasteiger partial charge in [0.05, 0.1) is 17.6 Å². The maximum absolute atomic E-state index is 10.8. The summed E-state index contributed by atoms with van der Waals surface area (Å²) in [5.41, 5.74) is 1.80. The molecular weight excluding hydrogens is 298 g/mol. The molecule has 0 saturated heterocycles. The van der Waals surface area contributed by atoms with Gasteiger partial charge in [-0.1, -0.05) is 17.3 Å². The molecule has 118 valence electrons. The Morgan fingerprint density at radius 2 is 1.91 bits per heavy atom. The van der Waals surface area contributed by atoms with Gasteiger partial charge in [-0.25, -0.2) is 9.48 Å². The Balaban J connectivity index is 1.59. The molecule has 0 aliphatic carbocycles. The number of carboxylic acids is 1. The summed E-state index contributed by atoms with van der Waals surface area (Å²) >= 11 is 0. The van der Waals surface area contributed by atoms with Gasteiger partial charge in [-0.2, -0.15) is 0 Å². The van der Waals surface area contributed by atoms with Crippen LogP contribution in [0.15, 0.2) is 48.5 Å². The third-order valence-corrected chi connectivity index (χ3v) is 3.35. The average Bonchev–Trinajstić information content (AvgIpc) is 2.96. The van der Waals surface area contributed by atoms with Crippen LogP contribution >= 0.6 is 0 Å². The molecule has 23 heavy (non-hydrogen) atoms. The van der Waals surface area contributed by atoms with Crippen molar-refractivity contribution >= 4 is 17.0 Å². The van der Waals surface area contributed by atoms with Crippen LogP contribution in [-0.4, -0.2) is 43.9 Å². The molecule has 0 saturated carbocycles. The second kappa shape index (κ2) is 6.45. The first-order chi connectivity index (χ1) is 11.1. The molecule has 7 nitrogen and oxygen atoms in total. The molecule has 7 heteroatoms. The summed E-state index contributed by atoms with van der Waals surface area (Å²) in [5, 5.41) is 26.9. The molecule has 0 spiro atoms. The van der Waals surface area contributed by atoms with Crippen LogP contribution < -0.4 is 4.74 Å². The van der Waals surface area contributed by atoms with Crippen molar-refractivity contribution in [3.63, 3.8) is 0 Å². The molecule has 2 N–H and O–H groups in total. The molecule has 2 aromatic carbocycles. The molecular formula is C16H15N3O4. The summed E-state index contributed by atoms with van der Waals surface area (Å²) in [7, 11) is 0. The number of rotatable bonds is 6. The monoisotopic (exact) mass is 313 g/mol. The third kappa shape index (κ3) is 3.46. The predicted octanol–water partition coefficient (Wildman–Crippen LogP) is 1.57. The van der Waals surface area contributed by atoms with Crippen molar-refractivity contribution in [2.24, 2.45) is 0 Å². The lowest BCUT2D eigenvalue weighted by atomic mass is 10.2. The lowest BCUT2D eigenvalue weighted by molar-refractivity contribution is 0.0696. The van der Waals surface area contributed by atoms with E-state index in [1.807, 2.05) is 24.3 Å². The number of benzene rings is 2. The van der Waals surface area contributed by atoms with E-state index in [2.05, 4.69) is 10.3 Å². The molecule has 0 aliphatic heterocycles. The molecule has 3 rings (SSSR count). The van der Waals surface area contributed by atoms with Crippen LogP contribution in [0.25, 0.3) is 11.0 Å². The summed E-state index contributed by atoms with van der Waals surface area (Å²) in [6.45, 7) is 0.328. The Morgan fingerprint density at radius 1 is 1.17 bits per heavy atom. The number of hydrogen-bond acceptors (Lipinski definition) is 5. The first-order valence-corrected chi connectivity index (χ1v) is 7.06. The summed E-state index contributed by atoms with van der Waals surface area (Å²) in [5.74, 6) is -0.493. The molecule has 1 heterocycles. The average molecular weight is 313 g/mol. The van der Waals surface area contributed by atoms with E-state index in [1.54, 1.807) is 16.8 Å². The fourth-order valence-corrected chi connectivity index (χ4v) is 2.19. The Bertz CT molecular complexity index is 814. The van der Waals surface area contributed by atoms with Crippen LogP contribution in [0.2, 0.25) is 0 Å². The van der Waals surface area contributed by atoms with Crippen molar-refractivity contribution in [2.45, 2.75) is 12.6 Å². The zero-order valence-electron chi connectivity index (χ0n) is 12.2. The molecule has 1 aromatic heterocycles. The Morgan fingerprint density at radius 3 is 2.65 bits per heavy atom. The van der Waals surface area contributed by atoms with Crippen LogP contribution in [0.3, 0.4) is 0 Å². The Kier molecular flexibility index (Phi) is 4.20. The summed E-state index contributed by atoms with van der Waals surface area (Å²) < 4.78 is 7.08. The van der Waals surface area contributed by atoms with Gasteiger partial charge in [0.15, 0.2) is 0 Å². The van der Waals surface area contributed by atoms with Gasteiger partial charge in [-0.3, -0.25) is 0 Å². The highest BCUT2D eigenvalue weighted by Crippen LogP contribution is 2.14. The van der Waals surface area contributed by atoms with Crippen molar-refractivity contribution in [1.29, 1.82) is 0 Å². The van der Waals surface area contributed by atoms with Gasteiger partial charge >= 0.3 is 5.97 Å². The Labute approximate surface area is 131 Å². The normalized spacial score (nSPS) is 12.2. The molecule has 0 fully saturated rings. The number of nitrogens with zero attached hydrogens (tertiary/aromatic N) is 3. The van der Waals surface area contributed by atoms with Crippen LogP contribution in [0.1, 0.15) is 10.4 Å². The van der Waals surface area contributed by atoms with Crippen LogP contribution in [0.4, 0.5) is 0 Å². The number of fused-ring (bicyclic) bond motifs is 1. The zero-order valence-corrected chi connectivity index (χ0v) is 12.2. The minimum atomic E-state index is -0.991. The lowest BCUT2D eigenvalue weighted by Gasteiger charge is -2.12. The fourth-order valence-electron chi connectivity index (χ4n) is 2.19. The molecule has 0 unspecified atom stereocenters. The molecule has 1 atom stereocenters. The molecule has 0 radical (unpaired) electrons. The standard InChI is InChI=1S/C16H15N3O4/c20-12(9-19-15-4-2-1-3-14(15)17-18-19)10-23-13-7-5-11(6-8-13)16(21)22/h1-8,12,20H,9-10H2,(H,21,22)/t12-/m0/s1. The number of carbonyl (C=O) groups is 1. The number of carboxylic acid groups (broad SMARTS) is 1. The second-order valence-corrected chi connectivity index (χ2v) is 5.05. The number of aromatic carboxylic acids is 1. The van der Waals surface area contributed by atoms with Crippen molar-refractivity contribution < 1.29 is 19.7 Å². The van der Waals surface area contributed by atoms with Crippen molar-refractivity contribution in [2.75, 3.05) is 6.61 Å². The van der Waals surface area contributed by atoms with Crippen molar-refractivity contribution in [1.82, 2.24) is 15.0 Å². The topological polar surface area (TPSA) is 97.5 Å². The number of hydrogen-bond donors (Lipinski definition) is 2. The van der Waals surface area contributed by atoms with E-state index in [4.69, 9.17) is 9.84 Å². The minimum absolute atomic E-state index is 0.0700. The van der Waals surface area contributed by atoms with Crippen LogP contribution in [-0.2, 0) is 6.54 Å². The summed E-state index contributed by atoms with van der Waals surface area (Å²) in [6, 6.07) is 13.5. The maximum atomic E-state index is 10.8. The lowest BCUT2D eigenvalue weighted by Crippen LogP contribution is -2.24. The summed E-state index contributed by atoms with van der Waals surface area (Å²) in [6.07, 6.45) is -0.765. The number of para-hydroxylation sites is 1. The van der Waals surface area contributed by atoms with Crippen LogP contribution in [0, 0.1) is 0 Å². The highest BCUT2D eigenvalue weighted by molar-refractivity contribution is 5.87. The van der Waals surface area contributed by atoms with Crippen LogP contribution in [0.5, 0.6) is 5.75 Å². The second-order valence-electron chi connectivity index (χ2n) is 5.05. The molecule has 3 aromatic rings. The predicted molar refractivity (Wildman–Crippen MR) is 82.4 cm³/mol. The number of aliphatic hydroxyl groups excluding tert-OH is 1. The van der Waals surface area contributed by atoms with Crippen molar-refractivity contribution in [3.8, 4) is 5.75 Å². The maximum Gasteiger partial charge on any atom is 0.335 e. The van der Waals surface area contributed by atoms with Gasteiger partial charge < -0.3 is 14.9 Å². The quantitative estimate of drug-likeness (QED) is 0.717. The highest BCUT2D eigenvalue weighted by Gasteiger charge is 2.11. The van der Waals surface area contributed by atoms with Crippen molar-refractivity contribution in [3.05, 3.63) is 54.1 Å². The first kappa shape index (κ1) is 15.0. The number of aliphatic hydroxyl groups is 1. The van der Waals surface area contributed by atoms with Gasteiger partial charge in [-0.15, -0.1) is 5.10 Å². The smallest absolute Gasteiger partial charge is 0.335 e. The van der Waals surface area contributed by atoms with Gasteiger partial charge in [0.1, 0.15) is 24.0 Å². The highest BCUT2D eigenvalue weighted by atomic mass is 16.5. The minimum Gasteiger partial charge on any atom is -0.491 e. The van der Waals surface area contributed by atoms with Gasteiger partial charge in [0.25, 0.3) is 0 Å². The molecule has 0 aliphatic rings. The van der Waals surface area contributed by atoms with E-state index in [-0.39, 0.29) is 18.7 Å². The van der Waals surface area contributed by atoms with E-state index in [9.17, 15) is 9.90 Å². The largest absolute Gasteiger partial charge is 0.491 e. The molecule has 0 bridgehead atoms. The SMILES string of the molecule is O=C(O)c1ccc(OC[C@@H](O)Cn2nnc3ccccc32)cc1. The number of ether oxygens (including phenoxy) is 1. The molecule has 0 amide bonds. The van der Waals surface area contributed by atoms with Gasteiger partial charge in [0.2, 0.25) is 0 Å². The third-order valence-electron chi connectivity index (χ3n) is 3.35. The zero-order chi connectivity index (χ0) is 16.2. The van der Waals surface area contributed by atoms with E-state index < -0.39 is 12.1 Å². The first-order valence-electron chi connectivity index (χ1n) is 7.06. The van der Waals surface area contributed by atoms with Gasteiger partial charge in [-0.05, 0) is 36.4 Å². The van der Waals surface area contributed by atoms with E-state index in [0.29, 0.717) is 5.75 Å². The summed E-state index contributed by atoms with van der Waals surface area (Å²) in [4.78, 5) is 10.8. The number of aromatic nitrogens is 3. The van der Waals surface area contributed by atoms with Gasteiger partial charge in [0, 0.05) is 0 Å².